The molecule has 10 heavy (non-hydrogen) atoms. The Morgan fingerprint density at radius 2 is 2.30 bits per heavy atom. The highest BCUT2D eigenvalue weighted by molar-refractivity contribution is 5.80. The molecule has 3 heteroatoms. The second-order valence-corrected chi connectivity index (χ2v) is 2.16. The molecular weight excluding hydrogens is 126 g/mol. The predicted molar refractivity (Wildman–Crippen MR) is 39.5 cm³/mol. The minimum Gasteiger partial charge on any atom is -0.581 e. The lowest BCUT2D eigenvalue weighted by Gasteiger charge is -1.91. The van der Waals surface area contributed by atoms with E-state index in [-0.39, 0.29) is 0 Å². The Hall–Kier alpha value is -1.51. The summed E-state index contributed by atoms with van der Waals surface area (Å²) < 4.78 is 0. The summed E-state index contributed by atoms with van der Waals surface area (Å²) in [5.41, 5.74) is 7.18. The van der Waals surface area contributed by atoms with Gasteiger partial charge in [-0.15, -0.1) is 0 Å². The van der Waals surface area contributed by atoms with Crippen molar-refractivity contribution >= 4 is 16.6 Å². The molecule has 1 heterocycles. The third-order valence-corrected chi connectivity index (χ3v) is 1.41. The van der Waals surface area contributed by atoms with Crippen molar-refractivity contribution in [3.05, 3.63) is 24.4 Å². The molecule has 1 aromatic heterocycles. The van der Waals surface area contributed by atoms with E-state index in [1.807, 2.05) is 18.2 Å². The van der Waals surface area contributed by atoms with Crippen molar-refractivity contribution in [2.45, 2.75) is 0 Å². The Labute approximate surface area is 57.9 Å². The van der Waals surface area contributed by atoms with Gasteiger partial charge in [0.2, 0.25) is 0 Å². The number of anilines is 1. The van der Waals surface area contributed by atoms with Crippen molar-refractivity contribution in [2.75, 3.05) is 5.73 Å². The number of fused-ring (bicyclic) bond motifs is 1. The van der Waals surface area contributed by atoms with Gasteiger partial charge in [-0.25, -0.2) is 0 Å². The fraction of sp³-hybridized carbons (Fsp3) is 0. The molecular formula is C7H6N3-. The van der Waals surface area contributed by atoms with Crippen molar-refractivity contribution in [3.63, 3.8) is 0 Å². The number of nitrogens with zero attached hydrogens (tertiary/aromatic N) is 2. The summed E-state index contributed by atoms with van der Waals surface area (Å²) in [6.45, 7) is 0. The average Bonchev–Trinajstić information content (AvgIpc) is 2.33. The van der Waals surface area contributed by atoms with E-state index < -0.39 is 0 Å². The molecule has 0 spiro atoms. The lowest BCUT2D eigenvalue weighted by Crippen LogP contribution is -1.81. The molecule has 2 N–H and O–H groups in total. The van der Waals surface area contributed by atoms with Crippen LogP contribution in [0.15, 0.2) is 24.4 Å². The fourth-order valence-electron chi connectivity index (χ4n) is 0.921. The molecule has 0 aliphatic heterocycles. The van der Waals surface area contributed by atoms with Gasteiger partial charge in [0.1, 0.15) is 0 Å². The molecule has 0 bridgehead atoms. The van der Waals surface area contributed by atoms with Crippen LogP contribution in [0.2, 0.25) is 0 Å². The topological polar surface area (TPSA) is 53.0 Å². The normalized spacial score (nSPS) is 10.4. The van der Waals surface area contributed by atoms with Gasteiger partial charge in [0.15, 0.2) is 0 Å². The van der Waals surface area contributed by atoms with Crippen LogP contribution >= 0.6 is 0 Å². The highest BCUT2D eigenvalue weighted by Gasteiger charge is 1.88. The fourth-order valence-corrected chi connectivity index (χ4v) is 0.921. The van der Waals surface area contributed by atoms with E-state index in [1.165, 1.54) is 0 Å². The monoisotopic (exact) mass is 132 g/mol. The van der Waals surface area contributed by atoms with Crippen LogP contribution < -0.4 is 10.8 Å². The Bertz CT molecular complexity index is 350. The van der Waals surface area contributed by atoms with Crippen LogP contribution in [-0.4, -0.2) is 5.10 Å². The molecule has 2 aromatic rings. The number of hydrogen-bond acceptors (Lipinski definition) is 2. The van der Waals surface area contributed by atoms with Gasteiger partial charge in [0.05, 0.1) is 0 Å². The number of benzene rings is 1. The van der Waals surface area contributed by atoms with Crippen molar-refractivity contribution in [1.82, 2.24) is 10.2 Å². The number of hydrogen-bond donors (Lipinski definition) is 1. The van der Waals surface area contributed by atoms with E-state index in [2.05, 4.69) is 10.2 Å². The van der Waals surface area contributed by atoms with Gasteiger partial charge in [-0.05, 0) is 23.6 Å². The highest BCUT2D eigenvalue weighted by Crippen LogP contribution is 2.12. The first-order valence-corrected chi connectivity index (χ1v) is 3.00. The summed E-state index contributed by atoms with van der Waals surface area (Å²) in [4.78, 5) is 0. The first-order chi connectivity index (χ1) is 4.86. The first-order valence-electron chi connectivity index (χ1n) is 3.00. The summed E-state index contributed by atoms with van der Waals surface area (Å²) in [6, 6.07) is 5.53. The van der Waals surface area contributed by atoms with E-state index in [0.29, 0.717) is 0 Å². The largest absolute Gasteiger partial charge is 0.581 e. The number of nitrogen functional groups attached to an aromatic ring is 1. The zero-order valence-electron chi connectivity index (χ0n) is 5.28. The number of rotatable bonds is 0. The van der Waals surface area contributed by atoms with Gasteiger partial charge < -0.3 is 15.9 Å². The lowest BCUT2D eigenvalue weighted by molar-refractivity contribution is 1.09. The summed E-state index contributed by atoms with van der Waals surface area (Å²) in [5.74, 6) is 0. The minimum absolute atomic E-state index is 0.752. The summed E-state index contributed by atoms with van der Waals surface area (Å²) in [6.07, 6.45) is 1.70. The molecule has 2 rings (SSSR count). The summed E-state index contributed by atoms with van der Waals surface area (Å²) in [7, 11) is 0. The van der Waals surface area contributed by atoms with Crippen LogP contribution in [0.5, 0.6) is 0 Å². The van der Waals surface area contributed by atoms with Crippen molar-refractivity contribution in [1.29, 1.82) is 0 Å². The van der Waals surface area contributed by atoms with Crippen LogP contribution in [0, 0.1) is 0 Å². The third kappa shape index (κ3) is 0.639. The standard InChI is InChI=1S/C7H6N3/c8-6-1-2-7-5(3-6)4-9-10-7/h1-4H,8H2/q-1. The Morgan fingerprint density at radius 3 is 3.20 bits per heavy atom. The molecule has 0 aliphatic carbocycles. The molecule has 3 nitrogen and oxygen atoms in total. The molecule has 0 aliphatic rings. The zero-order valence-corrected chi connectivity index (χ0v) is 5.28. The molecule has 0 saturated heterocycles. The third-order valence-electron chi connectivity index (χ3n) is 1.41. The summed E-state index contributed by atoms with van der Waals surface area (Å²) >= 11 is 0. The van der Waals surface area contributed by atoms with Crippen LogP contribution in [0.1, 0.15) is 0 Å². The molecule has 50 valence electrons. The Balaban J connectivity index is 2.86. The Morgan fingerprint density at radius 1 is 1.40 bits per heavy atom. The van der Waals surface area contributed by atoms with Gasteiger partial charge in [0, 0.05) is 11.2 Å². The van der Waals surface area contributed by atoms with E-state index in [9.17, 15) is 0 Å². The van der Waals surface area contributed by atoms with Crippen LogP contribution in [0.3, 0.4) is 0 Å². The number of nitrogens with two attached hydrogens (primary N) is 1. The smallest absolute Gasteiger partial charge is 0.0468 e. The van der Waals surface area contributed by atoms with E-state index in [4.69, 9.17) is 5.73 Å². The molecule has 0 fully saturated rings. The van der Waals surface area contributed by atoms with Crippen LogP contribution in [0.4, 0.5) is 5.69 Å². The summed E-state index contributed by atoms with van der Waals surface area (Å²) in [5, 5.41) is 8.59. The van der Waals surface area contributed by atoms with Crippen molar-refractivity contribution in [2.24, 2.45) is 0 Å². The van der Waals surface area contributed by atoms with Gasteiger partial charge in [-0.3, -0.25) is 0 Å². The van der Waals surface area contributed by atoms with Gasteiger partial charge >= 0.3 is 0 Å². The van der Waals surface area contributed by atoms with E-state index in [1.54, 1.807) is 6.20 Å². The van der Waals surface area contributed by atoms with Gasteiger partial charge in [0.25, 0.3) is 0 Å². The van der Waals surface area contributed by atoms with Crippen molar-refractivity contribution in [3.8, 4) is 0 Å². The molecule has 1 aromatic carbocycles. The maximum Gasteiger partial charge on any atom is 0.0468 e. The maximum atomic E-state index is 5.53. The molecule has 0 unspecified atom stereocenters. The second kappa shape index (κ2) is 1.73. The molecule has 0 saturated carbocycles. The molecule has 0 radical (unpaired) electrons. The van der Waals surface area contributed by atoms with Gasteiger partial charge in [-0.1, -0.05) is 0 Å². The molecule has 0 amide bonds. The molecule has 0 atom stereocenters. The van der Waals surface area contributed by atoms with Crippen LogP contribution in [-0.2, 0) is 0 Å². The zero-order chi connectivity index (χ0) is 6.97. The number of aromatic nitrogens is 2. The minimum atomic E-state index is 0.752. The van der Waals surface area contributed by atoms with Crippen molar-refractivity contribution < 1.29 is 0 Å². The van der Waals surface area contributed by atoms with E-state index in [0.717, 1.165) is 16.6 Å². The lowest BCUT2D eigenvalue weighted by atomic mass is 10.2. The highest BCUT2D eigenvalue weighted by atomic mass is 15.1. The first kappa shape index (κ1) is 5.29. The predicted octanol–water partition coefficient (Wildman–Crippen LogP) is 0.774. The van der Waals surface area contributed by atoms with Crippen LogP contribution in [0.25, 0.3) is 10.9 Å². The Kier molecular flexibility index (Phi) is 0.917. The maximum absolute atomic E-state index is 5.53. The average molecular weight is 132 g/mol. The second-order valence-electron chi connectivity index (χ2n) is 2.16. The van der Waals surface area contributed by atoms with E-state index >= 15 is 0 Å². The van der Waals surface area contributed by atoms with Gasteiger partial charge in [-0.2, -0.15) is 6.20 Å². The quantitative estimate of drug-likeness (QED) is 0.539. The SMILES string of the molecule is Nc1ccc2n[n-]cc2c1.